The van der Waals surface area contributed by atoms with Gasteiger partial charge in [0.05, 0.1) is 0 Å². The summed E-state index contributed by atoms with van der Waals surface area (Å²) >= 11 is 1.60. The molecule has 2 atom stereocenters. The van der Waals surface area contributed by atoms with Gasteiger partial charge >= 0.3 is 0 Å². The Morgan fingerprint density at radius 2 is 2.00 bits per heavy atom. The fraction of sp³-hybridized carbons (Fsp3) is 0.636. The summed E-state index contributed by atoms with van der Waals surface area (Å²) < 4.78 is 0. The van der Waals surface area contributed by atoms with Crippen molar-refractivity contribution in [1.29, 1.82) is 0 Å². The van der Waals surface area contributed by atoms with Gasteiger partial charge < -0.3 is 10.4 Å². The first-order valence-corrected chi connectivity index (χ1v) is 5.77. The van der Waals surface area contributed by atoms with Gasteiger partial charge in [-0.3, -0.25) is 0 Å². The minimum atomic E-state index is -0.408. The fourth-order valence-electron chi connectivity index (χ4n) is 1.47. The Labute approximate surface area is 102 Å². The molecular weight excluding hydrogens is 230 g/mol. The van der Waals surface area contributed by atoms with Gasteiger partial charge in [-0.1, -0.05) is 6.07 Å². The topological polar surface area (TPSA) is 32.3 Å². The minimum absolute atomic E-state index is 0. The highest BCUT2D eigenvalue weighted by atomic mass is 35.5. The van der Waals surface area contributed by atoms with E-state index in [1.807, 2.05) is 24.4 Å². The fourth-order valence-corrected chi connectivity index (χ4v) is 2.28. The summed E-state index contributed by atoms with van der Waals surface area (Å²) in [5.41, 5.74) is 0.0393. The lowest BCUT2D eigenvalue weighted by Gasteiger charge is -2.28. The smallest absolute Gasteiger partial charge is 0.103 e. The van der Waals surface area contributed by atoms with Gasteiger partial charge in [-0.05, 0) is 39.1 Å². The Morgan fingerprint density at radius 1 is 1.40 bits per heavy atom. The van der Waals surface area contributed by atoms with Gasteiger partial charge in [0.25, 0.3) is 0 Å². The third-order valence-corrected chi connectivity index (χ3v) is 2.91. The first-order valence-electron chi connectivity index (χ1n) is 4.89. The van der Waals surface area contributed by atoms with Gasteiger partial charge in [-0.25, -0.2) is 0 Å². The molecule has 1 aromatic rings. The maximum Gasteiger partial charge on any atom is 0.103 e. The van der Waals surface area contributed by atoms with E-state index < -0.39 is 6.10 Å². The van der Waals surface area contributed by atoms with Crippen LogP contribution in [0.25, 0.3) is 0 Å². The molecule has 0 saturated heterocycles. The average molecular weight is 250 g/mol. The molecule has 2 unspecified atom stereocenters. The Hall–Kier alpha value is -0.0900. The van der Waals surface area contributed by atoms with Crippen molar-refractivity contribution in [3.8, 4) is 0 Å². The second kappa shape index (κ2) is 5.85. The van der Waals surface area contributed by atoms with E-state index in [1.54, 1.807) is 11.3 Å². The molecule has 1 rings (SSSR count). The van der Waals surface area contributed by atoms with Gasteiger partial charge in [0.15, 0.2) is 0 Å². The van der Waals surface area contributed by atoms with Crippen LogP contribution in [0.5, 0.6) is 0 Å². The van der Waals surface area contributed by atoms with Crippen molar-refractivity contribution < 1.29 is 5.11 Å². The van der Waals surface area contributed by atoms with Crippen molar-refractivity contribution in [2.24, 2.45) is 0 Å². The van der Waals surface area contributed by atoms with Crippen LogP contribution >= 0.6 is 23.7 Å². The molecule has 0 aromatic carbocycles. The zero-order valence-electron chi connectivity index (χ0n) is 9.65. The van der Waals surface area contributed by atoms with Crippen LogP contribution in [0, 0.1) is 0 Å². The van der Waals surface area contributed by atoms with Crippen LogP contribution in [-0.4, -0.2) is 16.7 Å². The lowest BCUT2D eigenvalue weighted by molar-refractivity contribution is 0.124. The monoisotopic (exact) mass is 249 g/mol. The molecule has 0 radical (unpaired) electrons. The van der Waals surface area contributed by atoms with E-state index in [2.05, 4.69) is 26.1 Å². The van der Waals surface area contributed by atoms with Crippen LogP contribution in [0.4, 0.5) is 0 Å². The molecule has 0 aliphatic heterocycles. The van der Waals surface area contributed by atoms with Crippen molar-refractivity contribution in [1.82, 2.24) is 5.32 Å². The number of aliphatic hydroxyl groups is 1. The van der Waals surface area contributed by atoms with Crippen LogP contribution in [0.3, 0.4) is 0 Å². The van der Waals surface area contributed by atoms with Crippen LogP contribution in [0.1, 0.15) is 38.7 Å². The Balaban J connectivity index is 0.00000196. The predicted octanol–water partition coefficient (Wildman–Crippen LogP) is 2.98. The lowest BCUT2D eigenvalue weighted by Crippen LogP contribution is -2.44. The molecule has 0 spiro atoms. The quantitative estimate of drug-likeness (QED) is 0.863. The van der Waals surface area contributed by atoms with Gasteiger partial charge in [0, 0.05) is 16.5 Å². The normalized spacial score (nSPS) is 15.5. The third-order valence-electron chi connectivity index (χ3n) is 1.97. The number of halogens is 1. The van der Waals surface area contributed by atoms with E-state index in [-0.39, 0.29) is 24.0 Å². The first-order chi connectivity index (χ1) is 6.40. The molecule has 2 nitrogen and oxygen atoms in total. The molecule has 0 aliphatic carbocycles. The van der Waals surface area contributed by atoms with E-state index in [4.69, 9.17) is 0 Å². The summed E-state index contributed by atoms with van der Waals surface area (Å²) in [5.74, 6) is 0. The van der Waals surface area contributed by atoms with Crippen molar-refractivity contribution >= 4 is 23.7 Å². The van der Waals surface area contributed by atoms with E-state index in [1.165, 1.54) is 0 Å². The number of hydrogen-bond donors (Lipinski definition) is 2. The Bertz CT molecular complexity index is 269. The maximum atomic E-state index is 9.99. The molecule has 2 N–H and O–H groups in total. The molecule has 15 heavy (non-hydrogen) atoms. The van der Waals surface area contributed by atoms with E-state index in [9.17, 15) is 5.11 Å². The number of hydrogen-bond acceptors (Lipinski definition) is 3. The number of aliphatic hydroxyl groups excluding tert-OH is 1. The number of rotatable bonds is 3. The largest absolute Gasteiger partial charge is 0.386 e. The SMILES string of the molecule is CC(NC(C)(C)C)C(O)c1cccs1.Cl. The highest BCUT2D eigenvalue weighted by Crippen LogP contribution is 2.22. The number of thiophene rings is 1. The van der Waals surface area contributed by atoms with Crippen molar-refractivity contribution in [3.63, 3.8) is 0 Å². The van der Waals surface area contributed by atoms with Crippen LogP contribution < -0.4 is 5.32 Å². The molecule has 1 heterocycles. The molecule has 0 saturated carbocycles. The Kier molecular flexibility index (Phi) is 5.81. The highest BCUT2D eigenvalue weighted by Gasteiger charge is 2.21. The Morgan fingerprint density at radius 3 is 2.40 bits per heavy atom. The summed E-state index contributed by atoms with van der Waals surface area (Å²) in [6, 6.07) is 4.01. The molecule has 0 aliphatic rings. The lowest BCUT2D eigenvalue weighted by atomic mass is 10.0. The standard InChI is InChI=1S/C11H19NOS.ClH/c1-8(12-11(2,3)4)10(13)9-6-5-7-14-9;/h5-8,10,12-13H,1-4H3;1H. The molecule has 0 fully saturated rings. The van der Waals surface area contributed by atoms with Crippen LogP contribution in [0.2, 0.25) is 0 Å². The summed E-state index contributed by atoms with van der Waals surface area (Å²) in [5, 5.41) is 15.3. The van der Waals surface area contributed by atoms with Gasteiger partial charge in [0.1, 0.15) is 6.10 Å². The summed E-state index contributed by atoms with van der Waals surface area (Å²) in [6.45, 7) is 8.32. The molecule has 1 aromatic heterocycles. The van der Waals surface area contributed by atoms with Gasteiger partial charge in [-0.15, -0.1) is 23.7 Å². The molecule has 0 amide bonds. The van der Waals surface area contributed by atoms with Crippen molar-refractivity contribution in [3.05, 3.63) is 22.4 Å². The molecule has 4 heteroatoms. The second-order valence-corrected chi connectivity index (χ2v) is 5.62. The van der Waals surface area contributed by atoms with Crippen LogP contribution in [-0.2, 0) is 0 Å². The second-order valence-electron chi connectivity index (χ2n) is 4.64. The number of nitrogens with one attached hydrogen (secondary N) is 1. The zero-order chi connectivity index (χ0) is 10.8. The van der Waals surface area contributed by atoms with Gasteiger partial charge in [0.2, 0.25) is 0 Å². The highest BCUT2D eigenvalue weighted by molar-refractivity contribution is 7.10. The maximum absolute atomic E-state index is 9.99. The van der Waals surface area contributed by atoms with Gasteiger partial charge in [-0.2, -0.15) is 0 Å². The van der Waals surface area contributed by atoms with E-state index >= 15 is 0 Å². The molecular formula is C11H20ClNOS. The zero-order valence-corrected chi connectivity index (χ0v) is 11.3. The predicted molar refractivity (Wildman–Crippen MR) is 68.9 cm³/mol. The molecule has 88 valence electrons. The van der Waals surface area contributed by atoms with E-state index in [0.717, 1.165) is 4.88 Å². The molecule has 0 bridgehead atoms. The van der Waals surface area contributed by atoms with Crippen LogP contribution in [0.15, 0.2) is 17.5 Å². The van der Waals surface area contributed by atoms with E-state index in [0.29, 0.717) is 0 Å². The van der Waals surface area contributed by atoms with Crippen molar-refractivity contribution in [2.45, 2.75) is 45.4 Å². The summed E-state index contributed by atoms with van der Waals surface area (Å²) in [4.78, 5) is 1.02. The minimum Gasteiger partial charge on any atom is -0.386 e. The summed E-state index contributed by atoms with van der Waals surface area (Å²) in [7, 11) is 0. The van der Waals surface area contributed by atoms with Crippen molar-refractivity contribution in [2.75, 3.05) is 0 Å². The summed E-state index contributed by atoms with van der Waals surface area (Å²) in [6.07, 6.45) is -0.408. The first kappa shape index (κ1) is 14.9. The average Bonchev–Trinajstić information content (AvgIpc) is 2.51. The third kappa shape index (κ3) is 4.98.